The van der Waals surface area contributed by atoms with Gasteiger partial charge < -0.3 is 15.8 Å². The number of nitrogens with one attached hydrogen (secondary N) is 2. The minimum atomic E-state index is -0.481. The first kappa shape index (κ1) is 14.5. The number of hydrogen-bond acceptors (Lipinski definition) is 7. The summed E-state index contributed by atoms with van der Waals surface area (Å²) in [7, 11) is 0. The summed E-state index contributed by atoms with van der Waals surface area (Å²) in [6.45, 7) is 0.554. The molecule has 8 nitrogen and oxygen atoms in total. The van der Waals surface area contributed by atoms with E-state index < -0.39 is 4.92 Å². The number of nitrogen functional groups attached to an aromatic ring is 1. The van der Waals surface area contributed by atoms with E-state index in [-0.39, 0.29) is 17.6 Å². The summed E-state index contributed by atoms with van der Waals surface area (Å²) >= 11 is 0. The predicted molar refractivity (Wildman–Crippen MR) is 75.2 cm³/mol. The number of nitro groups is 1. The Bertz CT molecular complexity index is 482. The van der Waals surface area contributed by atoms with E-state index in [2.05, 4.69) is 15.7 Å². The standard InChI is InChI=1S/C12H19N5O3/c13-16-11-5-4-10(17(19)20)12(15-11)14-7-8-2-1-3-9(18)6-8/h4-5,8-9,18H,1-3,6-7,13H2,(H2,14,15,16). The number of hydrogen-bond donors (Lipinski definition) is 4. The van der Waals surface area contributed by atoms with Gasteiger partial charge in [-0.15, -0.1) is 0 Å². The second-order valence-electron chi connectivity index (χ2n) is 5.03. The van der Waals surface area contributed by atoms with Gasteiger partial charge in [0.15, 0.2) is 0 Å². The molecular formula is C12H19N5O3. The molecule has 2 unspecified atom stereocenters. The van der Waals surface area contributed by atoms with E-state index >= 15 is 0 Å². The first-order valence-electron chi connectivity index (χ1n) is 6.64. The number of nitrogens with zero attached hydrogens (tertiary/aromatic N) is 2. The Morgan fingerprint density at radius 1 is 1.50 bits per heavy atom. The molecule has 20 heavy (non-hydrogen) atoms. The number of aliphatic hydroxyl groups excluding tert-OH is 1. The maximum atomic E-state index is 11.0. The molecule has 2 rings (SSSR count). The maximum absolute atomic E-state index is 11.0. The zero-order valence-electron chi connectivity index (χ0n) is 11.1. The monoisotopic (exact) mass is 281 g/mol. The molecule has 0 aliphatic heterocycles. The molecule has 0 aromatic carbocycles. The van der Waals surface area contributed by atoms with E-state index in [1.54, 1.807) is 0 Å². The van der Waals surface area contributed by atoms with Gasteiger partial charge in [0.25, 0.3) is 0 Å². The number of anilines is 2. The lowest BCUT2D eigenvalue weighted by Gasteiger charge is -2.26. The minimum absolute atomic E-state index is 0.0830. The molecule has 1 aromatic heterocycles. The van der Waals surface area contributed by atoms with Crippen LogP contribution in [0, 0.1) is 16.0 Å². The van der Waals surface area contributed by atoms with Gasteiger partial charge in [0.2, 0.25) is 5.82 Å². The van der Waals surface area contributed by atoms with Gasteiger partial charge in [-0.05, 0) is 31.2 Å². The summed E-state index contributed by atoms with van der Waals surface area (Å²) in [6.07, 6.45) is 3.27. The Labute approximate surface area is 116 Å². The van der Waals surface area contributed by atoms with Crippen molar-refractivity contribution in [3.05, 3.63) is 22.2 Å². The van der Waals surface area contributed by atoms with E-state index in [9.17, 15) is 15.2 Å². The largest absolute Gasteiger partial charge is 0.393 e. The number of hydrazine groups is 1. The van der Waals surface area contributed by atoms with Crippen molar-refractivity contribution in [1.29, 1.82) is 0 Å². The molecule has 110 valence electrons. The van der Waals surface area contributed by atoms with Crippen LogP contribution in [0.3, 0.4) is 0 Å². The van der Waals surface area contributed by atoms with E-state index in [0.717, 1.165) is 25.7 Å². The number of aromatic nitrogens is 1. The van der Waals surface area contributed by atoms with Crippen molar-refractivity contribution in [2.45, 2.75) is 31.8 Å². The van der Waals surface area contributed by atoms with Crippen LogP contribution in [0.2, 0.25) is 0 Å². The Balaban J connectivity index is 2.05. The highest BCUT2D eigenvalue weighted by Crippen LogP contribution is 2.27. The predicted octanol–water partition coefficient (Wildman–Crippen LogP) is 1.24. The number of aliphatic hydroxyl groups is 1. The molecule has 0 saturated heterocycles. The quantitative estimate of drug-likeness (QED) is 0.363. The van der Waals surface area contributed by atoms with Crippen molar-refractivity contribution in [1.82, 2.24) is 4.98 Å². The van der Waals surface area contributed by atoms with Crippen molar-refractivity contribution in [3.8, 4) is 0 Å². The molecule has 2 atom stereocenters. The van der Waals surface area contributed by atoms with Crippen molar-refractivity contribution in [2.75, 3.05) is 17.3 Å². The summed E-state index contributed by atoms with van der Waals surface area (Å²) in [5.41, 5.74) is 2.28. The fourth-order valence-electron chi connectivity index (χ4n) is 2.50. The topological polar surface area (TPSA) is 126 Å². The van der Waals surface area contributed by atoms with Crippen LogP contribution in [0.1, 0.15) is 25.7 Å². The molecule has 0 amide bonds. The van der Waals surface area contributed by atoms with Crippen LogP contribution in [-0.2, 0) is 0 Å². The highest BCUT2D eigenvalue weighted by molar-refractivity contribution is 5.59. The normalized spacial score (nSPS) is 22.3. The van der Waals surface area contributed by atoms with E-state index in [1.807, 2.05) is 0 Å². The molecule has 0 spiro atoms. The highest BCUT2D eigenvalue weighted by atomic mass is 16.6. The molecule has 1 aliphatic rings. The molecule has 1 aromatic rings. The van der Waals surface area contributed by atoms with E-state index in [0.29, 0.717) is 18.3 Å². The van der Waals surface area contributed by atoms with Crippen LogP contribution in [0.4, 0.5) is 17.3 Å². The van der Waals surface area contributed by atoms with E-state index in [1.165, 1.54) is 12.1 Å². The van der Waals surface area contributed by atoms with Gasteiger partial charge in [-0.2, -0.15) is 0 Å². The molecule has 1 saturated carbocycles. The fraction of sp³-hybridized carbons (Fsp3) is 0.583. The van der Waals surface area contributed by atoms with Crippen molar-refractivity contribution < 1.29 is 10.0 Å². The lowest BCUT2D eigenvalue weighted by Crippen LogP contribution is -2.25. The number of rotatable bonds is 5. The molecule has 1 fully saturated rings. The van der Waals surface area contributed by atoms with Crippen LogP contribution >= 0.6 is 0 Å². The summed E-state index contributed by atoms with van der Waals surface area (Å²) in [5.74, 6) is 6.12. The van der Waals surface area contributed by atoms with Crippen LogP contribution in [0.15, 0.2) is 12.1 Å². The summed E-state index contributed by atoms with van der Waals surface area (Å²) in [5, 5.41) is 23.6. The third-order valence-corrected chi connectivity index (χ3v) is 3.53. The van der Waals surface area contributed by atoms with Gasteiger partial charge in [0, 0.05) is 12.6 Å². The third-order valence-electron chi connectivity index (χ3n) is 3.53. The van der Waals surface area contributed by atoms with E-state index in [4.69, 9.17) is 5.84 Å². The minimum Gasteiger partial charge on any atom is -0.393 e. The van der Waals surface area contributed by atoms with Gasteiger partial charge in [0.1, 0.15) is 5.82 Å². The van der Waals surface area contributed by atoms with Crippen LogP contribution in [-0.4, -0.2) is 27.7 Å². The molecule has 8 heteroatoms. The Hall–Kier alpha value is -1.93. The average Bonchev–Trinajstić information content (AvgIpc) is 2.44. The smallest absolute Gasteiger partial charge is 0.311 e. The van der Waals surface area contributed by atoms with Crippen molar-refractivity contribution in [2.24, 2.45) is 11.8 Å². The van der Waals surface area contributed by atoms with Gasteiger partial charge in [-0.1, -0.05) is 6.42 Å². The van der Waals surface area contributed by atoms with Crippen LogP contribution in [0.5, 0.6) is 0 Å². The van der Waals surface area contributed by atoms with Crippen molar-refractivity contribution in [3.63, 3.8) is 0 Å². The van der Waals surface area contributed by atoms with Gasteiger partial charge in [0.05, 0.1) is 11.0 Å². The summed E-state index contributed by atoms with van der Waals surface area (Å²) in [4.78, 5) is 14.5. The Morgan fingerprint density at radius 3 is 2.95 bits per heavy atom. The second-order valence-corrected chi connectivity index (χ2v) is 5.03. The number of nitrogens with two attached hydrogens (primary N) is 1. The average molecular weight is 281 g/mol. The summed E-state index contributed by atoms with van der Waals surface area (Å²) in [6, 6.07) is 2.81. The van der Waals surface area contributed by atoms with Crippen LogP contribution < -0.4 is 16.6 Å². The van der Waals surface area contributed by atoms with Crippen LogP contribution in [0.25, 0.3) is 0 Å². The zero-order chi connectivity index (χ0) is 14.5. The maximum Gasteiger partial charge on any atom is 0.311 e. The second kappa shape index (κ2) is 6.49. The molecular weight excluding hydrogens is 262 g/mol. The lowest BCUT2D eigenvalue weighted by molar-refractivity contribution is -0.384. The summed E-state index contributed by atoms with van der Waals surface area (Å²) < 4.78 is 0. The van der Waals surface area contributed by atoms with Crippen molar-refractivity contribution >= 4 is 17.3 Å². The lowest BCUT2D eigenvalue weighted by atomic mass is 9.87. The Morgan fingerprint density at radius 2 is 2.30 bits per heavy atom. The Kier molecular flexibility index (Phi) is 4.70. The SMILES string of the molecule is NNc1ccc([N+](=O)[O-])c(NCC2CCCC(O)C2)n1. The van der Waals surface area contributed by atoms with Gasteiger partial charge >= 0.3 is 5.69 Å². The first-order chi connectivity index (χ1) is 9.60. The first-order valence-corrected chi connectivity index (χ1v) is 6.64. The van der Waals surface area contributed by atoms with Gasteiger partial charge in [-0.25, -0.2) is 10.8 Å². The zero-order valence-corrected chi connectivity index (χ0v) is 11.1. The molecule has 0 radical (unpaired) electrons. The van der Waals surface area contributed by atoms with Gasteiger partial charge in [-0.3, -0.25) is 10.1 Å². The molecule has 1 aliphatic carbocycles. The third kappa shape index (κ3) is 3.55. The fourth-order valence-corrected chi connectivity index (χ4v) is 2.50. The highest BCUT2D eigenvalue weighted by Gasteiger charge is 2.22. The molecule has 1 heterocycles. The molecule has 0 bridgehead atoms. The number of pyridine rings is 1. The molecule has 5 N–H and O–H groups in total.